The van der Waals surface area contributed by atoms with Gasteiger partial charge < -0.3 is 15.3 Å². The third-order valence-electron chi connectivity index (χ3n) is 7.80. The van der Waals surface area contributed by atoms with Crippen LogP contribution in [0.25, 0.3) is 0 Å². The Morgan fingerprint density at radius 3 is 2.35 bits per heavy atom. The molecule has 132 valence electrons. The van der Waals surface area contributed by atoms with Gasteiger partial charge in [0, 0.05) is 5.92 Å². The first-order chi connectivity index (χ1) is 10.5. The fourth-order valence-electron chi connectivity index (χ4n) is 6.80. The molecule has 23 heavy (non-hydrogen) atoms. The van der Waals surface area contributed by atoms with Gasteiger partial charge >= 0.3 is 0 Å². The van der Waals surface area contributed by atoms with Gasteiger partial charge in [-0.3, -0.25) is 0 Å². The van der Waals surface area contributed by atoms with Crippen LogP contribution in [0.2, 0.25) is 0 Å². The van der Waals surface area contributed by atoms with E-state index in [0.29, 0.717) is 25.2 Å². The highest BCUT2D eigenvalue weighted by atomic mass is 16.3. The lowest BCUT2D eigenvalue weighted by molar-refractivity contribution is -0.276. The summed E-state index contributed by atoms with van der Waals surface area (Å²) >= 11 is 0. The van der Waals surface area contributed by atoms with E-state index in [1.165, 1.54) is 0 Å². The van der Waals surface area contributed by atoms with Crippen molar-refractivity contribution in [3.8, 4) is 0 Å². The Balaban J connectivity index is 2.07. The first kappa shape index (κ1) is 17.4. The van der Waals surface area contributed by atoms with Crippen molar-refractivity contribution in [1.82, 2.24) is 0 Å². The van der Waals surface area contributed by atoms with E-state index < -0.39 is 17.8 Å². The molecule has 0 radical (unpaired) electrons. The van der Waals surface area contributed by atoms with E-state index in [2.05, 4.69) is 27.4 Å². The van der Waals surface area contributed by atoms with Gasteiger partial charge in [0.25, 0.3) is 0 Å². The van der Waals surface area contributed by atoms with Crippen molar-refractivity contribution in [2.75, 3.05) is 0 Å². The SMILES string of the molecule is C=CC1(C)CC(O)C2C3(C)CCCC(C)(C)C3CC(O)C2(O)C1. The van der Waals surface area contributed by atoms with Gasteiger partial charge in [-0.05, 0) is 54.3 Å². The quantitative estimate of drug-likeness (QED) is 0.649. The van der Waals surface area contributed by atoms with Crippen LogP contribution in [0.3, 0.4) is 0 Å². The third-order valence-corrected chi connectivity index (χ3v) is 7.80. The first-order valence-electron chi connectivity index (χ1n) is 9.21. The summed E-state index contributed by atoms with van der Waals surface area (Å²) in [5, 5.41) is 33.4. The molecule has 7 unspecified atom stereocenters. The van der Waals surface area contributed by atoms with E-state index in [1.54, 1.807) is 0 Å². The van der Waals surface area contributed by atoms with Gasteiger partial charge in [-0.25, -0.2) is 0 Å². The summed E-state index contributed by atoms with van der Waals surface area (Å²) in [6, 6.07) is 0. The standard InChI is InChI=1S/C20H34O3/c1-6-18(4)11-13(21)16-19(5)9-7-8-17(2,3)14(19)10-15(22)20(16,23)12-18/h6,13-16,21-23H,1,7-12H2,2-5H3. The fraction of sp³-hybridized carbons (Fsp3) is 0.900. The summed E-state index contributed by atoms with van der Waals surface area (Å²) in [7, 11) is 0. The molecule has 0 spiro atoms. The van der Waals surface area contributed by atoms with Crippen molar-refractivity contribution in [3.63, 3.8) is 0 Å². The second-order valence-corrected chi connectivity index (χ2v) is 9.93. The molecule has 3 rings (SSSR count). The average molecular weight is 322 g/mol. The predicted octanol–water partition coefficient (Wildman–Crippen LogP) is 3.28. The van der Waals surface area contributed by atoms with Crippen molar-refractivity contribution in [3.05, 3.63) is 12.7 Å². The van der Waals surface area contributed by atoms with Crippen molar-refractivity contribution in [2.24, 2.45) is 28.1 Å². The van der Waals surface area contributed by atoms with Gasteiger partial charge in [-0.2, -0.15) is 0 Å². The van der Waals surface area contributed by atoms with Crippen LogP contribution < -0.4 is 0 Å². The van der Waals surface area contributed by atoms with Crippen molar-refractivity contribution >= 4 is 0 Å². The third kappa shape index (κ3) is 2.34. The van der Waals surface area contributed by atoms with Crippen LogP contribution in [0.5, 0.6) is 0 Å². The van der Waals surface area contributed by atoms with Gasteiger partial charge in [0.15, 0.2) is 0 Å². The van der Waals surface area contributed by atoms with Crippen molar-refractivity contribution < 1.29 is 15.3 Å². The number of rotatable bonds is 1. The minimum absolute atomic E-state index is 0.113. The van der Waals surface area contributed by atoms with Crippen LogP contribution in [0, 0.1) is 28.1 Å². The maximum atomic E-state index is 11.5. The molecule has 3 aliphatic carbocycles. The molecule has 0 aliphatic heterocycles. The van der Waals surface area contributed by atoms with Gasteiger partial charge in [-0.15, -0.1) is 6.58 Å². The second kappa shape index (κ2) is 5.06. The van der Waals surface area contributed by atoms with Crippen LogP contribution in [-0.2, 0) is 0 Å². The van der Waals surface area contributed by atoms with E-state index in [9.17, 15) is 15.3 Å². The van der Waals surface area contributed by atoms with Crippen LogP contribution in [0.1, 0.15) is 66.2 Å². The number of hydrogen-bond acceptors (Lipinski definition) is 3. The smallest absolute Gasteiger partial charge is 0.0971 e. The maximum Gasteiger partial charge on any atom is 0.0971 e. The molecule has 7 atom stereocenters. The number of allylic oxidation sites excluding steroid dienone is 1. The van der Waals surface area contributed by atoms with Gasteiger partial charge in [0.1, 0.15) is 0 Å². The molecule has 3 aliphatic rings. The topological polar surface area (TPSA) is 60.7 Å². The summed E-state index contributed by atoms with van der Waals surface area (Å²) < 4.78 is 0. The number of aliphatic hydroxyl groups excluding tert-OH is 2. The summed E-state index contributed by atoms with van der Waals surface area (Å²) in [5.74, 6) is 0.0862. The molecule has 3 N–H and O–H groups in total. The zero-order valence-corrected chi connectivity index (χ0v) is 15.2. The maximum absolute atomic E-state index is 11.5. The Morgan fingerprint density at radius 1 is 1.09 bits per heavy atom. The summed E-state index contributed by atoms with van der Waals surface area (Å²) in [5.41, 5.74) is -1.50. The number of hydrogen-bond donors (Lipinski definition) is 3. The first-order valence-corrected chi connectivity index (χ1v) is 9.21. The van der Waals surface area contributed by atoms with Gasteiger partial charge in [-0.1, -0.05) is 40.2 Å². The lowest BCUT2D eigenvalue weighted by Gasteiger charge is -2.66. The molecule has 0 bridgehead atoms. The van der Waals surface area contributed by atoms with E-state index in [4.69, 9.17) is 0 Å². The minimum Gasteiger partial charge on any atom is -0.393 e. The summed E-state index contributed by atoms with van der Waals surface area (Å²) in [4.78, 5) is 0. The molecule has 0 aromatic heterocycles. The Labute approximate surface area is 140 Å². The van der Waals surface area contributed by atoms with E-state index >= 15 is 0 Å². The summed E-state index contributed by atoms with van der Waals surface area (Å²) in [6.45, 7) is 12.8. The van der Waals surface area contributed by atoms with Crippen LogP contribution in [-0.4, -0.2) is 33.1 Å². The molecular weight excluding hydrogens is 288 g/mol. The highest BCUT2D eigenvalue weighted by Crippen LogP contribution is 2.66. The largest absolute Gasteiger partial charge is 0.393 e. The zero-order valence-electron chi connectivity index (χ0n) is 15.2. The molecule has 0 aromatic carbocycles. The lowest BCUT2D eigenvalue weighted by Crippen LogP contribution is -2.70. The molecule has 0 saturated heterocycles. The average Bonchev–Trinajstić information content (AvgIpc) is 2.40. The van der Waals surface area contributed by atoms with Crippen LogP contribution >= 0.6 is 0 Å². The Kier molecular flexibility index (Phi) is 3.84. The number of aliphatic hydroxyl groups is 3. The monoisotopic (exact) mass is 322 g/mol. The Bertz CT molecular complexity index is 501. The van der Waals surface area contributed by atoms with E-state index in [1.807, 2.05) is 13.0 Å². The van der Waals surface area contributed by atoms with Crippen molar-refractivity contribution in [2.45, 2.75) is 84.0 Å². The van der Waals surface area contributed by atoms with Gasteiger partial charge in [0.05, 0.1) is 17.8 Å². The van der Waals surface area contributed by atoms with Gasteiger partial charge in [0.2, 0.25) is 0 Å². The van der Waals surface area contributed by atoms with Crippen molar-refractivity contribution in [1.29, 1.82) is 0 Å². The molecular formula is C20H34O3. The van der Waals surface area contributed by atoms with Crippen LogP contribution in [0.15, 0.2) is 12.7 Å². The molecule has 3 heteroatoms. The highest BCUT2D eigenvalue weighted by Gasteiger charge is 2.67. The van der Waals surface area contributed by atoms with E-state index in [0.717, 1.165) is 19.3 Å². The molecule has 3 fully saturated rings. The van der Waals surface area contributed by atoms with Crippen LogP contribution in [0.4, 0.5) is 0 Å². The Hall–Kier alpha value is -0.380. The molecule has 0 heterocycles. The molecule has 0 aromatic rings. The van der Waals surface area contributed by atoms with E-state index in [-0.39, 0.29) is 22.2 Å². The molecule has 0 amide bonds. The Morgan fingerprint density at radius 2 is 1.74 bits per heavy atom. The minimum atomic E-state index is -1.21. The highest BCUT2D eigenvalue weighted by molar-refractivity contribution is 5.19. The lowest BCUT2D eigenvalue weighted by atomic mass is 9.41. The summed E-state index contributed by atoms with van der Waals surface area (Å²) in [6.07, 6.45) is 5.56. The molecule has 3 nitrogen and oxygen atoms in total. The predicted molar refractivity (Wildman–Crippen MR) is 91.8 cm³/mol. The molecule has 3 saturated carbocycles. The second-order valence-electron chi connectivity index (χ2n) is 9.93. The zero-order chi connectivity index (χ0) is 17.3. The fourth-order valence-corrected chi connectivity index (χ4v) is 6.80. The normalized spacial score (nSPS) is 55.6. The number of fused-ring (bicyclic) bond motifs is 3.